The highest BCUT2D eigenvalue weighted by Gasteiger charge is 2.42. The second-order valence-electron chi connectivity index (χ2n) is 9.09. The molecule has 4 heterocycles. The summed E-state index contributed by atoms with van der Waals surface area (Å²) in [5.41, 5.74) is 1.67. The van der Waals surface area contributed by atoms with Gasteiger partial charge in [-0.3, -0.25) is 4.79 Å². The van der Waals surface area contributed by atoms with Crippen molar-refractivity contribution in [3.8, 4) is 22.1 Å². The Kier molecular flexibility index (Phi) is 6.11. The molecule has 0 spiro atoms. The van der Waals surface area contributed by atoms with Crippen molar-refractivity contribution in [1.29, 1.82) is 0 Å². The van der Waals surface area contributed by atoms with Gasteiger partial charge in [-0.05, 0) is 54.8 Å². The lowest BCUT2D eigenvalue weighted by Gasteiger charge is -2.16. The lowest BCUT2D eigenvalue weighted by atomic mass is 10.2. The summed E-state index contributed by atoms with van der Waals surface area (Å²) in [5.74, 6) is -1.72. The lowest BCUT2D eigenvalue weighted by molar-refractivity contribution is -0.190. The first kappa shape index (κ1) is 25.4. The van der Waals surface area contributed by atoms with E-state index in [2.05, 4.69) is 14.6 Å². The van der Waals surface area contributed by atoms with Gasteiger partial charge in [-0.1, -0.05) is 23.7 Å². The number of aryl methyl sites for hydroxylation is 1. The minimum absolute atomic E-state index is 0.106. The molecule has 39 heavy (non-hydrogen) atoms. The van der Waals surface area contributed by atoms with Crippen molar-refractivity contribution in [2.75, 3.05) is 18.0 Å². The summed E-state index contributed by atoms with van der Waals surface area (Å²) in [7, 11) is 1.83. The standard InChI is InChI=1S/C26H19ClF3N5O3S/c1-33-19-12-16(8-9-17(19)31-24(33)34-10-2-3-11-34)35-22(36)21-18(32-25(35)38-23(37)26(28,29)30)13-20(39-21)14-4-6-15(27)7-5-14/h4-9,12-13H,2-3,10-11H2,1H3. The van der Waals surface area contributed by atoms with E-state index in [1.54, 1.807) is 42.5 Å². The summed E-state index contributed by atoms with van der Waals surface area (Å²) >= 11 is 7.10. The van der Waals surface area contributed by atoms with Gasteiger partial charge < -0.3 is 14.2 Å². The number of fused-ring (bicyclic) bond motifs is 2. The van der Waals surface area contributed by atoms with Gasteiger partial charge in [0.15, 0.2) is 0 Å². The number of esters is 1. The average molecular weight is 574 g/mol. The molecule has 0 radical (unpaired) electrons. The number of halogens is 4. The van der Waals surface area contributed by atoms with E-state index in [1.165, 1.54) is 6.07 Å². The van der Waals surface area contributed by atoms with E-state index in [9.17, 15) is 22.8 Å². The van der Waals surface area contributed by atoms with Crippen LogP contribution in [0.5, 0.6) is 6.01 Å². The summed E-state index contributed by atoms with van der Waals surface area (Å²) in [6, 6.07) is 12.5. The Bertz CT molecular complexity index is 1800. The van der Waals surface area contributed by atoms with Gasteiger partial charge in [0.25, 0.3) is 5.56 Å². The third-order valence-corrected chi connectivity index (χ3v) is 7.96. The first-order valence-electron chi connectivity index (χ1n) is 11.9. The number of hydrogen-bond donors (Lipinski definition) is 0. The quantitative estimate of drug-likeness (QED) is 0.256. The highest BCUT2D eigenvalue weighted by atomic mass is 35.5. The van der Waals surface area contributed by atoms with Crippen molar-refractivity contribution in [1.82, 2.24) is 19.1 Å². The van der Waals surface area contributed by atoms with Gasteiger partial charge in [-0.25, -0.2) is 14.3 Å². The number of alkyl halides is 3. The first-order valence-corrected chi connectivity index (χ1v) is 13.1. The predicted octanol–water partition coefficient (Wildman–Crippen LogP) is 5.72. The summed E-state index contributed by atoms with van der Waals surface area (Å²) in [4.78, 5) is 37.2. The second kappa shape index (κ2) is 9.38. The zero-order valence-electron chi connectivity index (χ0n) is 20.3. The maximum Gasteiger partial charge on any atom is 0.491 e. The topological polar surface area (TPSA) is 82.2 Å². The largest absolute Gasteiger partial charge is 0.491 e. The molecule has 1 aliphatic rings. The summed E-state index contributed by atoms with van der Waals surface area (Å²) in [5, 5.41) is 0.528. The number of imidazole rings is 1. The highest BCUT2D eigenvalue weighted by Crippen LogP contribution is 2.34. The average Bonchev–Trinajstić information content (AvgIpc) is 3.64. The Morgan fingerprint density at radius 1 is 1.03 bits per heavy atom. The van der Waals surface area contributed by atoms with Crippen LogP contribution in [-0.4, -0.2) is 44.3 Å². The summed E-state index contributed by atoms with van der Waals surface area (Å²) < 4.78 is 47.0. The van der Waals surface area contributed by atoms with Crippen molar-refractivity contribution >= 4 is 56.1 Å². The monoisotopic (exact) mass is 573 g/mol. The van der Waals surface area contributed by atoms with Crippen LogP contribution in [0.1, 0.15) is 12.8 Å². The minimum atomic E-state index is -5.28. The van der Waals surface area contributed by atoms with Gasteiger partial charge in [0, 0.05) is 30.0 Å². The Morgan fingerprint density at radius 3 is 2.44 bits per heavy atom. The van der Waals surface area contributed by atoms with E-state index in [0.29, 0.717) is 20.9 Å². The maximum atomic E-state index is 13.7. The van der Waals surface area contributed by atoms with Gasteiger partial charge in [0.2, 0.25) is 5.95 Å². The normalized spacial score (nSPS) is 14.0. The van der Waals surface area contributed by atoms with Crippen LogP contribution in [0.4, 0.5) is 19.1 Å². The van der Waals surface area contributed by atoms with Crippen LogP contribution in [0.2, 0.25) is 5.02 Å². The molecule has 0 atom stereocenters. The van der Waals surface area contributed by atoms with Crippen molar-refractivity contribution in [3.05, 3.63) is 63.9 Å². The highest BCUT2D eigenvalue weighted by molar-refractivity contribution is 7.22. The number of carbonyl (C=O) groups excluding carboxylic acids is 1. The van der Waals surface area contributed by atoms with Crippen LogP contribution in [-0.2, 0) is 11.8 Å². The summed E-state index contributed by atoms with van der Waals surface area (Å²) in [6.45, 7) is 1.74. The molecule has 0 bridgehead atoms. The molecule has 1 saturated heterocycles. The molecule has 6 rings (SSSR count). The third-order valence-electron chi connectivity index (χ3n) is 6.55. The number of aromatic nitrogens is 4. The van der Waals surface area contributed by atoms with E-state index >= 15 is 0 Å². The van der Waals surface area contributed by atoms with Gasteiger partial charge >= 0.3 is 18.2 Å². The van der Waals surface area contributed by atoms with E-state index in [4.69, 9.17) is 16.6 Å². The van der Waals surface area contributed by atoms with E-state index < -0.39 is 23.7 Å². The van der Waals surface area contributed by atoms with E-state index in [0.717, 1.165) is 53.3 Å². The van der Waals surface area contributed by atoms with Crippen molar-refractivity contribution in [2.45, 2.75) is 19.0 Å². The molecule has 1 aliphatic heterocycles. The molecule has 0 unspecified atom stereocenters. The fourth-order valence-corrected chi connectivity index (χ4v) is 5.82. The SMILES string of the molecule is Cn1c(N2CCCC2)nc2ccc(-n3c(OC(=O)C(F)(F)F)nc4cc(-c5ccc(Cl)cc5)sc4c3=O)cc21. The molecule has 13 heteroatoms. The third kappa shape index (κ3) is 4.53. The minimum Gasteiger partial charge on any atom is -0.385 e. The molecule has 0 amide bonds. The number of rotatable bonds is 4. The van der Waals surface area contributed by atoms with Crippen LogP contribution < -0.4 is 15.2 Å². The number of anilines is 1. The van der Waals surface area contributed by atoms with Gasteiger partial charge in [0.1, 0.15) is 4.70 Å². The van der Waals surface area contributed by atoms with Crippen LogP contribution in [0.15, 0.2) is 53.3 Å². The number of nitrogens with zero attached hydrogens (tertiary/aromatic N) is 5. The number of carbonyl (C=O) groups is 1. The van der Waals surface area contributed by atoms with Gasteiger partial charge in [-0.2, -0.15) is 18.2 Å². The smallest absolute Gasteiger partial charge is 0.385 e. The Morgan fingerprint density at radius 2 is 1.74 bits per heavy atom. The van der Waals surface area contributed by atoms with E-state index in [-0.39, 0.29) is 15.9 Å². The summed E-state index contributed by atoms with van der Waals surface area (Å²) in [6.07, 6.45) is -3.16. The maximum absolute atomic E-state index is 13.7. The molecular formula is C26H19ClF3N5O3S. The molecule has 0 N–H and O–H groups in total. The van der Waals surface area contributed by atoms with Crippen LogP contribution >= 0.6 is 22.9 Å². The van der Waals surface area contributed by atoms with Gasteiger partial charge in [-0.15, -0.1) is 11.3 Å². The van der Waals surface area contributed by atoms with E-state index in [1.807, 2.05) is 11.6 Å². The Labute approximate surface area is 227 Å². The van der Waals surface area contributed by atoms with Crippen LogP contribution in [0.3, 0.4) is 0 Å². The van der Waals surface area contributed by atoms with Crippen molar-refractivity contribution < 1.29 is 22.7 Å². The number of benzene rings is 2. The molecule has 3 aromatic heterocycles. The molecular weight excluding hydrogens is 555 g/mol. The lowest BCUT2D eigenvalue weighted by Crippen LogP contribution is -2.31. The molecule has 2 aromatic carbocycles. The molecule has 1 fully saturated rings. The number of ether oxygens (including phenoxy) is 1. The number of hydrogen-bond acceptors (Lipinski definition) is 7. The molecule has 0 aliphatic carbocycles. The molecule has 200 valence electrons. The fourth-order valence-electron chi connectivity index (χ4n) is 4.66. The molecule has 8 nitrogen and oxygen atoms in total. The number of thiophene rings is 1. The van der Waals surface area contributed by atoms with Crippen LogP contribution in [0.25, 0.3) is 37.4 Å². The molecule has 0 saturated carbocycles. The van der Waals surface area contributed by atoms with Crippen molar-refractivity contribution in [3.63, 3.8) is 0 Å². The Hall–Kier alpha value is -3.90. The van der Waals surface area contributed by atoms with Gasteiger partial charge in [0.05, 0.1) is 22.2 Å². The first-order chi connectivity index (χ1) is 18.6. The zero-order valence-corrected chi connectivity index (χ0v) is 21.9. The zero-order chi connectivity index (χ0) is 27.5. The second-order valence-corrected chi connectivity index (χ2v) is 10.6. The Balaban J connectivity index is 1.53. The van der Waals surface area contributed by atoms with Crippen LogP contribution in [0, 0.1) is 0 Å². The predicted molar refractivity (Wildman–Crippen MR) is 143 cm³/mol. The van der Waals surface area contributed by atoms with Crippen molar-refractivity contribution in [2.24, 2.45) is 7.05 Å². The fraction of sp³-hybridized carbons (Fsp3) is 0.231. The molecule has 5 aromatic rings.